The van der Waals surface area contributed by atoms with Crippen LogP contribution in [0.5, 0.6) is 0 Å². The molecule has 0 bridgehead atoms. The van der Waals surface area contributed by atoms with E-state index in [1.165, 1.54) is 18.4 Å². The van der Waals surface area contributed by atoms with Gasteiger partial charge in [0.1, 0.15) is 0 Å². The number of hydrogen-bond acceptors (Lipinski definition) is 1. The van der Waals surface area contributed by atoms with Crippen molar-refractivity contribution in [3.05, 3.63) is 28.8 Å². The maximum absolute atomic E-state index is 6.03. The Balaban J connectivity index is 2.02. The summed E-state index contributed by atoms with van der Waals surface area (Å²) in [7, 11) is 0. The molecule has 0 aromatic heterocycles. The third-order valence-electron chi connectivity index (χ3n) is 3.76. The highest BCUT2D eigenvalue weighted by Crippen LogP contribution is 2.23. The third kappa shape index (κ3) is 3.83. The van der Waals surface area contributed by atoms with Crippen LogP contribution in [0.1, 0.15) is 32.3 Å². The van der Waals surface area contributed by atoms with Gasteiger partial charge in [-0.05, 0) is 61.2 Å². The fourth-order valence-corrected chi connectivity index (χ4v) is 2.87. The Morgan fingerprint density at radius 1 is 1.42 bits per heavy atom. The maximum Gasteiger partial charge on any atom is 0.173 e. The van der Waals surface area contributed by atoms with E-state index in [2.05, 4.69) is 24.1 Å². The van der Waals surface area contributed by atoms with Crippen LogP contribution in [-0.2, 0) is 6.42 Å². The topological polar surface area (TPSA) is 15.3 Å². The maximum atomic E-state index is 6.03. The van der Waals surface area contributed by atoms with E-state index in [-0.39, 0.29) is 0 Å². The number of likely N-dealkylation sites (tertiary alicyclic amines) is 1. The average Bonchev–Trinajstić information content (AvgIpc) is 2.41. The Hall–Kier alpha value is -0.800. The monoisotopic (exact) mass is 296 g/mol. The predicted molar refractivity (Wildman–Crippen MR) is 87.0 cm³/mol. The van der Waals surface area contributed by atoms with Crippen molar-refractivity contribution < 1.29 is 0 Å². The highest BCUT2D eigenvalue weighted by atomic mass is 35.5. The molecule has 1 aliphatic heterocycles. The summed E-state index contributed by atoms with van der Waals surface area (Å²) in [4.78, 5) is 2.27. The molecule has 0 radical (unpaired) electrons. The predicted octanol–water partition coefficient (Wildman–Crippen LogP) is 4.33. The summed E-state index contributed by atoms with van der Waals surface area (Å²) in [6.07, 6.45) is 3.40. The number of hydrogen-bond donors (Lipinski definition) is 1. The van der Waals surface area contributed by atoms with Gasteiger partial charge in [0, 0.05) is 23.8 Å². The second-order valence-corrected chi connectivity index (χ2v) is 6.08. The molecule has 0 atom stereocenters. The molecular formula is C15H21ClN2S. The van der Waals surface area contributed by atoms with Gasteiger partial charge in [-0.2, -0.15) is 0 Å². The molecule has 1 N–H and O–H groups in total. The standard InChI is InChI=1S/C15H21ClN2S/c1-3-12-10-13(16)4-5-14(12)17-15(19)18-8-6-11(2)7-9-18/h4-5,10-11H,3,6-9H2,1-2H3,(H,17,19). The quantitative estimate of drug-likeness (QED) is 0.818. The minimum atomic E-state index is 0.778. The Morgan fingerprint density at radius 2 is 2.11 bits per heavy atom. The van der Waals surface area contributed by atoms with Crippen LogP contribution in [0.15, 0.2) is 18.2 Å². The van der Waals surface area contributed by atoms with Crippen molar-refractivity contribution in [1.82, 2.24) is 4.90 Å². The Bertz CT molecular complexity index is 453. The fourth-order valence-electron chi connectivity index (χ4n) is 2.38. The number of piperidine rings is 1. The van der Waals surface area contributed by atoms with Gasteiger partial charge in [-0.15, -0.1) is 0 Å². The smallest absolute Gasteiger partial charge is 0.173 e. The first-order valence-corrected chi connectivity index (χ1v) is 7.73. The molecule has 0 unspecified atom stereocenters. The van der Waals surface area contributed by atoms with Crippen molar-refractivity contribution in [3.63, 3.8) is 0 Å². The molecule has 1 aromatic rings. The zero-order valence-corrected chi connectivity index (χ0v) is 13.2. The molecule has 1 saturated heterocycles. The average molecular weight is 297 g/mol. The Kier molecular flexibility index (Phi) is 5.06. The number of rotatable bonds is 2. The van der Waals surface area contributed by atoms with E-state index in [0.717, 1.165) is 41.3 Å². The lowest BCUT2D eigenvalue weighted by molar-refractivity contribution is 0.283. The van der Waals surface area contributed by atoms with E-state index < -0.39 is 0 Å². The normalized spacial score (nSPS) is 16.5. The number of nitrogens with zero attached hydrogens (tertiary/aromatic N) is 1. The Labute approximate surface area is 126 Å². The molecule has 0 amide bonds. The molecule has 0 aliphatic carbocycles. The van der Waals surface area contributed by atoms with Crippen LogP contribution in [0.2, 0.25) is 5.02 Å². The number of benzene rings is 1. The minimum absolute atomic E-state index is 0.778. The van der Waals surface area contributed by atoms with E-state index in [1.807, 2.05) is 18.2 Å². The molecule has 2 nitrogen and oxygen atoms in total. The molecule has 19 heavy (non-hydrogen) atoms. The Morgan fingerprint density at radius 3 is 2.74 bits per heavy atom. The van der Waals surface area contributed by atoms with Gasteiger partial charge in [-0.25, -0.2) is 0 Å². The lowest BCUT2D eigenvalue weighted by Gasteiger charge is -2.32. The molecule has 104 valence electrons. The first kappa shape index (κ1) is 14.6. The van der Waals surface area contributed by atoms with Crippen LogP contribution in [0.4, 0.5) is 5.69 Å². The first-order valence-electron chi connectivity index (χ1n) is 6.94. The number of thiocarbonyl (C=S) groups is 1. The second kappa shape index (κ2) is 6.58. The van der Waals surface area contributed by atoms with Gasteiger partial charge < -0.3 is 10.2 Å². The van der Waals surface area contributed by atoms with Crippen molar-refractivity contribution in [3.8, 4) is 0 Å². The van der Waals surface area contributed by atoms with Crippen LogP contribution in [0, 0.1) is 5.92 Å². The van der Waals surface area contributed by atoms with E-state index >= 15 is 0 Å². The second-order valence-electron chi connectivity index (χ2n) is 5.25. The third-order valence-corrected chi connectivity index (χ3v) is 4.36. The summed E-state index contributed by atoms with van der Waals surface area (Å²) in [6, 6.07) is 5.93. The number of anilines is 1. The summed E-state index contributed by atoms with van der Waals surface area (Å²) in [6.45, 7) is 6.55. The molecular weight excluding hydrogens is 276 g/mol. The van der Waals surface area contributed by atoms with E-state index in [0.29, 0.717) is 0 Å². The lowest BCUT2D eigenvalue weighted by atomic mass is 10.00. The molecule has 0 saturated carbocycles. The van der Waals surface area contributed by atoms with Gasteiger partial charge in [-0.3, -0.25) is 0 Å². The van der Waals surface area contributed by atoms with Crippen molar-refractivity contribution in [2.45, 2.75) is 33.1 Å². The summed E-state index contributed by atoms with van der Waals surface area (Å²) in [5.74, 6) is 0.820. The van der Waals surface area contributed by atoms with Crippen molar-refractivity contribution in [2.75, 3.05) is 18.4 Å². The van der Waals surface area contributed by atoms with Crippen LogP contribution in [0.25, 0.3) is 0 Å². The van der Waals surface area contributed by atoms with Gasteiger partial charge in [0.05, 0.1) is 0 Å². The fraction of sp³-hybridized carbons (Fsp3) is 0.533. The van der Waals surface area contributed by atoms with E-state index in [4.69, 9.17) is 23.8 Å². The van der Waals surface area contributed by atoms with E-state index in [1.54, 1.807) is 0 Å². The van der Waals surface area contributed by atoms with Crippen molar-refractivity contribution in [1.29, 1.82) is 0 Å². The van der Waals surface area contributed by atoms with Crippen LogP contribution >= 0.6 is 23.8 Å². The molecule has 1 aliphatic rings. The molecule has 2 rings (SSSR count). The van der Waals surface area contributed by atoms with Gasteiger partial charge in [-0.1, -0.05) is 25.4 Å². The summed E-state index contributed by atoms with van der Waals surface area (Å²) >= 11 is 11.5. The van der Waals surface area contributed by atoms with Gasteiger partial charge >= 0.3 is 0 Å². The van der Waals surface area contributed by atoms with E-state index in [9.17, 15) is 0 Å². The summed E-state index contributed by atoms with van der Waals surface area (Å²) in [5, 5.41) is 4.99. The highest BCUT2D eigenvalue weighted by Gasteiger charge is 2.18. The largest absolute Gasteiger partial charge is 0.349 e. The zero-order valence-electron chi connectivity index (χ0n) is 11.6. The summed E-state index contributed by atoms with van der Waals surface area (Å²) < 4.78 is 0. The van der Waals surface area contributed by atoms with Gasteiger partial charge in [0.2, 0.25) is 0 Å². The first-order chi connectivity index (χ1) is 9.10. The van der Waals surface area contributed by atoms with Crippen molar-refractivity contribution >= 4 is 34.6 Å². The molecule has 0 spiro atoms. The molecule has 1 aromatic carbocycles. The lowest BCUT2D eigenvalue weighted by Crippen LogP contribution is -2.40. The summed E-state index contributed by atoms with van der Waals surface area (Å²) in [5.41, 5.74) is 2.29. The minimum Gasteiger partial charge on any atom is -0.349 e. The SMILES string of the molecule is CCc1cc(Cl)ccc1NC(=S)N1CCC(C)CC1. The van der Waals surface area contributed by atoms with Crippen LogP contribution in [0.3, 0.4) is 0 Å². The molecule has 1 fully saturated rings. The van der Waals surface area contributed by atoms with Gasteiger partial charge in [0.25, 0.3) is 0 Å². The number of nitrogens with one attached hydrogen (secondary N) is 1. The van der Waals surface area contributed by atoms with Crippen molar-refractivity contribution in [2.24, 2.45) is 5.92 Å². The molecule has 1 heterocycles. The van der Waals surface area contributed by atoms with Crippen LogP contribution < -0.4 is 5.32 Å². The highest BCUT2D eigenvalue weighted by molar-refractivity contribution is 7.80. The van der Waals surface area contributed by atoms with Crippen LogP contribution in [-0.4, -0.2) is 23.1 Å². The van der Waals surface area contributed by atoms with Gasteiger partial charge in [0.15, 0.2) is 5.11 Å². The number of aryl methyl sites for hydroxylation is 1. The number of halogens is 1. The molecule has 4 heteroatoms. The zero-order chi connectivity index (χ0) is 13.8.